The van der Waals surface area contributed by atoms with Gasteiger partial charge in [-0.1, -0.05) is 26.7 Å². The molecule has 0 fully saturated rings. The minimum atomic E-state index is -0.870. The van der Waals surface area contributed by atoms with E-state index in [9.17, 15) is 24.0 Å². The zero-order valence-corrected chi connectivity index (χ0v) is 18.0. The van der Waals surface area contributed by atoms with Crippen LogP contribution in [-0.4, -0.2) is 68.6 Å². The van der Waals surface area contributed by atoms with E-state index < -0.39 is 29.8 Å². The number of carboxylic acids is 3. The smallest absolute Gasteiger partial charge is 0.338 e. The van der Waals surface area contributed by atoms with Crippen molar-refractivity contribution >= 4 is 29.8 Å². The van der Waals surface area contributed by atoms with Crippen LogP contribution < -0.4 is 0 Å². The van der Waals surface area contributed by atoms with Crippen molar-refractivity contribution in [3.05, 3.63) is 12.2 Å². The number of carboxylic acid groups (broad SMARTS) is 3. The third-order valence-corrected chi connectivity index (χ3v) is 3.44. The first kappa shape index (κ1) is 32.9. The first-order valence-corrected chi connectivity index (χ1v) is 9.87. The van der Waals surface area contributed by atoms with Crippen LogP contribution >= 0.6 is 0 Å². The summed E-state index contributed by atoms with van der Waals surface area (Å²) in [4.78, 5) is 50.1. The van der Waals surface area contributed by atoms with E-state index in [0.717, 1.165) is 37.8 Å². The van der Waals surface area contributed by atoms with Gasteiger partial charge in [0.15, 0.2) is 0 Å². The molecule has 0 amide bonds. The van der Waals surface area contributed by atoms with Gasteiger partial charge in [-0.05, 0) is 25.7 Å². The van der Waals surface area contributed by atoms with Crippen LogP contribution in [0.3, 0.4) is 0 Å². The largest absolute Gasteiger partial charge is 0.481 e. The summed E-state index contributed by atoms with van der Waals surface area (Å²) in [6.45, 7) is 3.75. The molecule has 11 nitrogen and oxygen atoms in total. The minimum Gasteiger partial charge on any atom is -0.481 e. The zero-order valence-electron chi connectivity index (χ0n) is 18.0. The van der Waals surface area contributed by atoms with Gasteiger partial charge in [0.2, 0.25) is 0 Å². The number of rotatable bonds is 11. The maximum Gasteiger partial charge on any atom is 0.338 e. The summed E-state index contributed by atoms with van der Waals surface area (Å²) in [5.41, 5.74) is 0. The highest BCUT2D eigenvalue weighted by molar-refractivity contribution is 6.04. The lowest BCUT2D eigenvalue weighted by molar-refractivity contribution is -0.150. The van der Waals surface area contributed by atoms with E-state index in [4.69, 9.17) is 25.5 Å². The van der Waals surface area contributed by atoms with Gasteiger partial charge in [-0.3, -0.25) is 14.4 Å². The zero-order chi connectivity index (χ0) is 24.7. The predicted molar refractivity (Wildman–Crippen MR) is 109 cm³/mol. The number of unbranched alkanes of at least 4 members (excludes halogenated alkanes) is 2. The molecule has 1 aliphatic rings. The van der Waals surface area contributed by atoms with Crippen molar-refractivity contribution < 1.29 is 54.2 Å². The molecule has 0 aromatic carbocycles. The highest BCUT2D eigenvalue weighted by Crippen LogP contribution is 2.11. The lowest BCUT2D eigenvalue weighted by Gasteiger charge is -2.06. The number of cyclic esters (lactones) is 2. The second kappa shape index (κ2) is 23.5. The molecule has 31 heavy (non-hydrogen) atoms. The van der Waals surface area contributed by atoms with Crippen molar-refractivity contribution in [2.75, 3.05) is 13.2 Å². The third kappa shape index (κ3) is 29.5. The number of aliphatic hydroxyl groups excluding tert-OH is 2. The molecular formula is C20H34O11. The molecule has 1 atom stereocenters. The number of aliphatic carboxylic acids is 3. The average Bonchev–Trinajstić information content (AvgIpc) is 3.09. The number of ether oxygens (including phenoxy) is 1. The molecule has 1 aliphatic heterocycles. The molecule has 0 saturated carbocycles. The van der Waals surface area contributed by atoms with E-state index in [0.29, 0.717) is 12.8 Å². The van der Waals surface area contributed by atoms with Crippen LogP contribution in [0.4, 0.5) is 0 Å². The Kier molecular flexibility index (Phi) is 24.9. The van der Waals surface area contributed by atoms with Crippen LogP contribution in [0.5, 0.6) is 0 Å². The summed E-state index contributed by atoms with van der Waals surface area (Å²) in [5.74, 6) is -3.65. The fraction of sp³-hybridized carbons (Fsp3) is 0.650. The van der Waals surface area contributed by atoms with Crippen molar-refractivity contribution in [2.45, 2.75) is 65.2 Å². The Morgan fingerprint density at radius 2 is 1.26 bits per heavy atom. The first-order valence-electron chi connectivity index (χ1n) is 9.87. The molecule has 0 spiro atoms. The van der Waals surface area contributed by atoms with Crippen LogP contribution in [0, 0.1) is 5.92 Å². The van der Waals surface area contributed by atoms with Crippen molar-refractivity contribution in [1.82, 2.24) is 0 Å². The topological polar surface area (TPSA) is 196 Å². The van der Waals surface area contributed by atoms with Crippen molar-refractivity contribution in [1.29, 1.82) is 0 Å². The molecule has 0 bridgehead atoms. The van der Waals surface area contributed by atoms with E-state index >= 15 is 0 Å². The third-order valence-electron chi connectivity index (χ3n) is 3.44. The summed E-state index contributed by atoms with van der Waals surface area (Å²) in [6.07, 6.45) is 6.90. The maximum atomic E-state index is 10.4. The standard InChI is InChI=1S/C8H16O2.C6H10O4.C4H2O3.C2H6O2/c1-3-5-6-7(4-2)8(9)10;7-5(8)3-1-2-4-6(9)10;5-3-1-2-4(6)7-3;3-1-2-4/h7H,3-6H2,1-2H3,(H,9,10);1-4H2,(H,7,8)(H,9,10);1-2H;3-4H,1-2H2. The van der Waals surface area contributed by atoms with Crippen LogP contribution in [0.2, 0.25) is 0 Å². The summed E-state index contributed by atoms with van der Waals surface area (Å²) >= 11 is 0. The van der Waals surface area contributed by atoms with Crippen molar-refractivity contribution in [3.63, 3.8) is 0 Å². The highest BCUT2D eigenvalue weighted by Gasteiger charge is 2.13. The Balaban J connectivity index is -0.000000353. The average molecular weight is 450 g/mol. The number of carbonyl (C=O) groups excluding carboxylic acids is 2. The number of hydrogen-bond acceptors (Lipinski definition) is 8. The number of aliphatic hydroxyl groups is 2. The Morgan fingerprint density at radius 3 is 1.45 bits per heavy atom. The van der Waals surface area contributed by atoms with Gasteiger partial charge in [0, 0.05) is 25.0 Å². The SMILES string of the molecule is CCCCC(CC)C(=O)O.O=C(O)CCCCC(=O)O.O=C1C=CC(=O)O1.OCCO. The quantitative estimate of drug-likeness (QED) is 0.174. The summed E-state index contributed by atoms with van der Waals surface area (Å²) in [5, 5.41) is 40.1. The van der Waals surface area contributed by atoms with Crippen LogP contribution in [-0.2, 0) is 28.7 Å². The molecule has 1 heterocycles. The van der Waals surface area contributed by atoms with Gasteiger partial charge in [-0.2, -0.15) is 0 Å². The van der Waals surface area contributed by atoms with Gasteiger partial charge in [0.1, 0.15) is 0 Å². The maximum absolute atomic E-state index is 10.4. The first-order chi connectivity index (χ1) is 14.5. The molecule has 0 aromatic heterocycles. The molecule has 11 heteroatoms. The summed E-state index contributed by atoms with van der Waals surface area (Å²) in [7, 11) is 0. The molecule has 1 unspecified atom stereocenters. The fourth-order valence-electron chi connectivity index (χ4n) is 1.81. The Morgan fingerprint density at radius 1 is 0.839 bits per heavy atom. The predicted octanol–water partition coefficient (Wildman–Crippen LogP) is 1.60. The van der Waals surface area contributed by atoms with E-state index in [-0.39, 0.29) is 32.0 Å². The number of carbonyl (C=O) groups is 5. The van der Waals surface area contributed by atoms with E-state index in [1.165, 1.54) is 0 Å². The molecule has 0 aliphatic carbocycles. The van der Waals surface area contributed by atoms with Gasteiger partial charge in [0.05, 0.1) is 19.1 Å². The van der Waals surface area contributed by atoms with E-state index in [1.807, 2.05) is 6.92 Å². The van der Waals surface area contributed by atoms with Crippen LogP contribution in [0.25, 0.3) is 0 Å². The monoisotopic (exact) mass is 450 g/mol. The van der Waals surface area contributed by atoms with Crippen LogP contribution in [0.15, 0.2) is 12.2 Å². The molecule has 5 N–H and O–H groups in total. The lowest BCUT2D eigenvalue weighted by Crippen LogP contribution is -2.11. The second-order valence-corrected chi connectivity index (χ2v) is 6.10. The number of esters is 2. The Labute approximate surface area is 181 Å². The Hall–Kier alpha value is -2.79. The molecule has 0 saturated heterocycles. The normalized spacial score (nSPS) is 12.1. The fourth-order valence-corrected chi connectivity index (χ4v) is 1.81. The molecule has 0 aromatic rings. The lowest BCUT2D eigenvalue weighted by atomic mass is 10.00. The highest BCUT2D eigenvalue weighted by atomic mass is 16.6. The van der Waals surface area contributed by atoms with Crippen molar-refractivity contribution in [2.24, 2.45) is 5.92 Å². The molecule has 1 rings (SSSR count). The van der Waals surface area contributed by atoms with Gasteiger partial charge < -0.3 is 30.3 Å². The minimum absolute atomic E-state index is 0.0628. The van der Waals surface area contributed by atoms with Crippen molar-refractivity contribution in [3.8, 4) is 0 Å². The van der Waals surface area contributed by atoms with Crippen LogP contribution in [0.1, 0.15) is 65.2 Å². The molecule has 180 valence electrons. The van der Waals surface area contributed by atoms with Gasteiger partial charge in [-0.25, -0.2) is 9.59 Å². The summed E-state index contributed by atoms with van der Waals surface area (Å²) in [6, 6.07) is 0. The Bertz CT molecular complexity index is 521. The van der Waals surface area contributed by atoms with Gasteiger partial charge in [-0.15, -0.1) is 0 Å². The second-order valence-electron chi connectivity index (χ2n) is 6.10. The van der Waals surface area contributed by atoms with Gasteiger partial charge >= 0.3 is 29.8 Å². The summed E-state index contributed by atoms with van der Waals surface area (Å²) < 4.78 is 3.97. The van der Waals surface area contributed by atoms with E-state index in [1.54, 1.807) is 0 Å². The number of hydrogen-bond donors (Lipinski definition) is 5. The molecule has 0 radical (unpaired) electrons. The molecular weight excluding hydrogens is 416 g/mol. The van der Waals surface area contributed by atoms with Gasteiger partial charge in [0.25, 0.3) is 0 Å². The van der Waals surface area contributed by atoms with E-state index in [2.05, 4.69) is 11.7 Å².